The highest BCUT2D eigenvalue weighted by atomic mass is 79.9. The van der Waals surface area contributed by atoms with E-state index in [1.165, 1.54) is 6.92 Å². The van der Waals surface area contributed by atoms with E-state index in [1.54, 1.807) is 18.2 Å². The Kier molecular flexibility index (Phi) is 5.11. The predicted octanol–water partition coefficient (Wildman–Crippen LogP) is 1.88. The zero-order valence-corrected chi connectivity index (χ0v) is 10.7. The molecule has 0 heterocycles. The highest BCUT2D eigenvalue weighted by molar-refractivity contribution is 9.10. The van der Waals surface area contributed by atoms with Crippen molar-refractivity contribution in [1.29, 1.82) is 0 Å². The Bertz CT molecular complexity index is 422. The number of hydrogen-bond donors (Lipinski definition) is 2. The number of carbonyl (C=O) groups is 2. The minimum absolute atomic E-state index is 0.292. The van der Waals surface area contributed by atoms with E-state index in [-0.39, 0.29) is 6.61 Å². The van der Waals surface area contributed by atoms with Crippen LogP contribution in [0.3, 0.4) is 0 Å². The fourth-order valence-electron chi connectivity index (χ4n) is 1.04. The zero-order chi connectivity index (χ0) is 12.8. The molecular formula is C11H12BrNO4. The van der Waals surface area contributed by atoms with Gasteiger partial charge in [-0.1, -0.05) is 22.0 Å². The predicted molar refractivity (Wildman–Crippen MR) is 65.8 cm³/mol. The van der Waals surface area contributed by atoms with E-state index >= 15 is 0 Å². The van der Waals surface area contributed by atoms with Crippen LogP contribution >= 0.6 is 15.9 Å². The maximum absolute atomic E-state index is 11.4. The molecule has 0 spiro atoms. The Hall–Kier alpha value is -1.40. The van der Waals surface area contributed by atoms with Crippen molar-refractivity contribution in [3.8, 4) is 0 Å². The number of anilines is 1. The number of carboxylic acid groups (broad SMARTS) is 1. The van der Waals surface area contributed by atoms with Gasteiger partial charge in [0.2, 0.25) is 5.91 Å². The highest BCUT2D eigenvalue weighted by Gasteiger charge is 2.13. The fourth-order valence-corrected chi connectivity index (χ4v) is 1.43. The van der Waals surface area contributed by atoms with Crippen molar-refractivity contribution in [3.05, 3.63) is 28.7 Å². The number of rotatable bonds is 5. The van der Waals surface area contributed by atoms with Gasteiger partial charge in [-0.25, -0.2) is 4.79 Å². The Labute approximate surface area is 107 Å². The molecular weight excluding hydrogens is 290 g/mol. The Morgan fingerprint density at radius 1 is 1.53 bits per heavy atom. The first kappa shape index (κ1) is 13.7. The molecule has 2 N–H and O–H groups in total. The normalized spacial score (nSPS) is 11.9. The second-order valence-corrected chi connectivity index (χ2v) is 4.27. The molecule has 0 aliphatic carbocycles. The summed E-state index contributed by atoms with van der Waals surface area (Å²) in [4.78, 5) is 21.9. The Morgan fingerprint density at radius 3 is 2.82 bits per heavy atom. The summed E-state index contributed by atoms with van der Waals surface area (Å²) in [5.41, 5.74) is 0.621. The van der Waals surface area contributed by atoms with Gasteiger partial charge in [0.05, 0.1) is 0 Å². The SMILES string of the molecule is C[C@@H](OCC(=O)Nc1cccc(Br)c1)C(=O)O. The van der Waals surface area contributed by atoms with Gasteiger partial charge >= 0.3 is 5.97 Å². The minimum Gasteiger partial charge on any atom is -0.479 e. The summed E-state index contributed by atoms with van der Waals surface area (Å²) >= 11 is 3.27. The molecule has 5 nitrogen and oxygen atoms in total. The summed E-state index contributed by atoms with van der Waals surface area (Å²) in [6.07, 6.45) is -0.997. The van der Waals surface area contributed by atoms with Crippen LogP contribution in [0.5, 0.6) is 0 Å². The summed E-state index contributed by atoms with van der Waals surface area (Å²) in [6.45, 7) is 1.08. The molecule has 0 saturated heterocycles. The molecule has 0 aliphatic heterocycles. The van der Waals surface area contributed by atoms with Gasteiger partial charge in [-0.2, -0.15) is 0 Å². The monoisotopic (exact) mass is 301 g/mol. The van der Waals surface area contributed by atoms with Crippen LogP contribution in [-0.4, -0.2) is 29.7 Å². The van der Waals surface area contributed by atoms with Gasteiger partial charge in [0.15, 0.2) is 6.10 Å². The molecule has 1 atom stereocenters. The molecule has 0 aliphatic rings. The number of hydrogen-bond acceptors (Lipinski definition) is 3. The average molecular weight is 302 g/mol. The quantitative estimate of drug-likeness (QED) is 0.870. The van der Waals surface area contributed by atoms with Crippen molar-refractivity contribution >= 4 is 33.5 Å². The van der Waals surface area contributed by atoms with Crippen LogP contribution in [0.15, 0.2) is 28.7 Å². The highest BCUT2D eigenvalue weighted by Crippen LogP contribution is 2.15. The Morgan fingerprint density at radius 2 is 2.24 bits per heavy atom. The van der Waals surface area contributed by atoms with Crippen molar-refractivity contribution < 1.29 is 19.4 Å². The number of carbonyl (C=O) groups excluding carboxylic acids is 1. The van der Waals surface area contributed by atoms with Gasteiger partial charge in [-0.3, -0.25) is 4.79 Å². The molecule has 0 unspecified atom stereocenters. The summed E-state index contributed by atoms with van der Waals surface area (Å²) in [7, 11) is 0. The van der Waals surface area contributed by atoms with Crippen molar-refractivity contribution in [3.63, 3.8) is 0 Å². The first-order valence-electron chi connectivity index (χ1n) is 4.89. The molecule has 1 aromatic rings. The topological polar surface area (TPSA) is 75.6 Å². The zero-order valence-electron chi connectivity index (χ0n) is 9.14. The number of carboxylic acids is 1. The molecule has 0 radical (unpaired) electrons. The first-order chi connectivity index (χ1) is 7.99. The average Bonchev–Trinajstić information content (AvgIpc) is 2.25. The lowest BCUT2D eigenvalue weighted by molar-refractivity contribution is -0.150. The molecule has 0 bridgehead atoms. The third-order valence-electron chi connectivity index (χ3n) is 1.92. The van der Waals surface area contributed by atoms with E-state index in [2.05, 4.69) is 21.2 Å². The van der Waals surface area contributed by atoms with E-state index < -0.39 is 18.0 Å². The number of amides is 1. The second kappa shape index (κ2) is 6.36. The Balaban J connectivity index is 2.42. The molecule has 1 amide bonds. The van der Waals surface area contributed by atoms with Gasteiger partial charge in [0.25, 0.3) is 0 Å². The van der Waals surface area contributed by atoms with Crippen LogP contribution in [0, 0.1) is 0 Å². The molecule has 1 aromatic carbocycles. The summed E-state index contributed by atoms with van der Waals surface area (Å²) < 4.78 is 5.69. The lowest BCUT2D eigenvalue weighted by atomic mass is 10.3. The molecule has 1 rings (SSSR count). The molecule has 17 heavy (non-hydrogen) atoms. The van der Waals surface area contributed by atoms with Crippen LogP contribution < -0.4 is 5.32 Å². The third kappa shape index (κ3) is 4.97. The van der Waals surface area contributed by atoms with Crippen LogP contribution in [-0.2, 0) is 14.3 Å². The maximum Gasteiger partial charge on any atom is 0.332 e. The number of ether oxygens (including phenoxy) is 1. The lowest BCUT2D eigenvalue weighted by Gasteiger charge is -2.09. The third-order valence-corrected chi connectivity index (χ3v) is 2.41. The van der Waals surface area contributed by atoms with Gasteiger partial charge in [0, 0.05) is 10.2 Å². The van der Waals surface area contributed by atoms with Crippen molar-refractivity contribution in [2.45, 2.75) is 13.0 Å². The van der Waals surface area contributed by atoms with E-state index in [4.69, 9.17) is 9.84 Å². The number of halogens is 1. The van der Waals surface area contributed by atoms with Crippen LogP contribution in [0.1, 0.15) is 6.92 Å². The van der Waals surface area contributed by atoms with E-state index in [9.17, 15) is 9.59 Å². The largest absolute Gasteiger partial charge is 0.479 e. The van der Waals surface area contributed by atoms with E-state index in [0.717, 1.165) is 4.47 Å². The smallest absolute Gasteiger partial charge is 0.332 e. The van der Waals surface area contributed by atoms with Gasteiger partial charge in [-0.05, 0) is 25.1 Å². The molecule has 0 saturated carbocycles. The van der Waals surface area contributed by atoms with Gasteiger partial charge < -0.3 is 15.2 Å². The van der Waals surface area contributed by atoms with Crippen molar-refractivity contribution in [1.82, 2.24) is 0 Å². The molecule has 6 heteroatoms. The van der Waals surface area contributed by atoms with Crippen molar-refractivity contribution in [2.24, 2.45) is 0 Å². The molecule has 0 fully saturated rings. The van der Waals surface area contributed by atoms with Crippen molar-refractivity contribution in [2.75, 3.05) is 11.9 Å². The van der Waals surface area contributed by atoms with Gasteiger partial charge in [-0.15, -0.1) is 0 Å². The number of aliphatic carboxylic acids is 1. The summed E-state index contributed by atoms with van der Waals surface area (Å²) in [5, 5.41) is 11.1. The number of nitrogens with one attached hydrogen (secondary N) is 1. The summed E-state index contributed by atoms with van der Waals surface area (Å²) in [6, 6.07) is 7.07. The van der Waals surface area contributed by atoms with Crippen LogP contribution in [0.25, 0.3) is 0 Å². The van der Waals surface area contributed by atoms with Crippen LogP contribution in [0.4, 0.5) is 5.69 Å². The fraction of sp³-hybridized carbons (Fsp3) is 0.273. The minimum atomic E-state index is -1.10. The van der Waals surface area contributed by atoms with Gasteiger partial charge in [0.1, 0.15) is 6.61 Å². The summed E-state index contributed by atoms with van der Waals surface area (Å²) in [5.74, 6) is -1.49. The molecule has 0 aromatic heterocycles. The van der Waals surface area contributed by atoms with Crippen LogP contribution in [0.2, 0.25) is 0 Å². The molecule has 92 valence electrons. The lowest BCUT2D eigenvalue weighted by Crippen LogP contribution is -2.26. The maximum atomic E-state index is 11.4. The van der Waals surface area contributed by atoms with E-state index in [0.29, 0.717) is 5.69 Å². The van der Waals surface area contributed by atoms with E-state index in [1.807, 2.05) is 6.07 Å². The standard InChI is InChI=1S/C11H12BrNO4/c1-7(11(15)16)17-6-10(14)13-9-4-2-3-8(12)5-9/h2-5,7H,6H2,1H3,(H,13,14)(H,15,16)/t7-/m1/s1. The second-order valence-electron chi connectivity index (χ2n) is 3.35. The number of benzene rings is 1. The first-order valence-corrected chi connectivity index (χ1v) is 5.68.